The van der Waals surface area contributed by atoms with Crippen LogP contribution in [0.2, 0.25) is 0 Å². The van der Waals surface area contributed by atoms with E-state index in [1.165, 1.54) is 30.7 Å². The largest absolute Gasteiger partial charge is 0.474 e. The second-order valence-corrected chi connectivity index (χ2v) is 6.98. The van der Waals surface area contributed by atoms with Crippen molar-refractivity contribution in [3.05, 3.63) is 30.1 Å². The molecule has 9 nitrogen and oxygen atoms in total. The fourth-order valence-electron chi connectivity index (χ4n) is 2.47. The Labute approximate surface area is 171 Å². The Morgan fingerprint density at radius 3 is 2.69 bits per heavy atom. The molecule has 10 heteroatoms. The lowest BCUT2D eigenvalue weighted by atomic mass is 10.2. The number of amides is 1. The van der Waals surface area contributed by atoms with Gasteiger partial charge in [0, 0.05) is 6.92 Å². The molecular weight excluding hydrogens is 394 g/mol. The third-order valence-electron chi connectivity index (χ3n) is 3.63. The molecule has 2 aromatic heterocycles. The van der Waals surface area contributed by atoms with E-state index in [1.807, 2.05) is 13.8 Å². The molecule has 2 heterocycles. The van der Waals surface area contributed by atoms with Crippen molar-refractivity contribution in [2.24, 2.45) is 0 Å². The third-order valence-corrected chi connectivity index (χ3v) is 4.63. The Morgan fingerprint density at radius 2 is 2.03 bits per heavy atom. The highest BCUT2D eigenvalue weighted by atomic mass is 32.1. The van der Waals surface area contributed by atoms with Crippen LogP contribution in [0.15, 0.2) is 24.5 Å². The minimum Gasteiger partial charge on any atom is -0.474 e. The number of hydrogen-bond acceptors (Lipinski definition) is 9. The van der Waals surface area contributed by atoms with Gasteiger partial charge in [0.2, 0.25) is 17.7 Å². The van der Waals surface area contributed by atoms with Gasteiger partial charge in [0.05, 0.1) is 35.3 Å². The Hall–Kier alpha value is -3.45. The van der Waals surface area contributed by atoms with Gasteiger partial charge >= 0.3 is 0 Å². The van der Waals surface area contributed by atoms with Crippen LogP contribution in [0.1, 0.15) is 26.3 Å². The number of thiazole rings is 1. The molecule has 29 heavy (non-hydrogen) atoms. The highest BCUT2D eigenvalue weighted by Gasteiger charge is 2.15. The Bertz CT molecular complexity index is 1050. The first-order valence-corrected chi connectivity index (χ1v) is 9.68. The van der Waals surface area contributed by atoms with Crippen LogP contribution in [0.25, 0.3) is 10.2 Å². The van der Waals surface area contributed by atoms with E-state index in [1.54, 1.807) is 12.1 Å². The molecule has 1 atom stereocenters. The highest BCUT2D eigenvalue weighted by molar-refractivity contribution is 7.20. The molecule has 1 N–H and O–H groups in total. The lowest BCUT2D eigenvalue weighted by Crippen LogP contribution is -2.35. The van der Waals surface area contributed by atoms with E-state index in [0.717, 1.165) is 0 Å². The fraction of sp³-hybridized carbons (Fsp3) is 0.316. The van der Waals surface area contributed by atoms with Crippen LogP contribution in [0.5, 0.6) is 22.7 Å². The molecule has 1 amide bonds. The number of nitrogens with one attached hydrogen (secondary N) is 1. The van der Waals surface area contributed by atoms with Crippen molar-refractivity contribution in [2.75, 3.05) is 13.2 Å². The van der Waals surface area contributed by atoms with Gasteiger partial charge in [-0.05, 0) is 26.0 Å². The van der Waals surface area contributed by atoms with Crippen molar-refractivity contribution < 1.29 is 19.0 Å². The second-order valence-electron chi connectivity index (χ2n) is 6.02. The smallest absolute Gasteiger partial charge is 0.274 e. The molecule has 0 aliphatic heterocycles. The van der Waals surface area contributed by atoms with E-state index in [-0.39, 0.29) is 24.4 Å². The van der Waals surface area contributed by atoms with Gasteiger partial charge in [-0.25, -0.2) is 15.0 Å². The van der Waals surface area contributed by atoms with Crippen LogP contribution in [0.4, 0.5) is 0 Å². The lowest BCUT2D eigenvalue weighted by Gasteiger charge is -2.13. The first-order valence-electron chi connectivity index (χ1n) is 8.86. The zero-order chi connectivity index (χ0) is 20.8. The van der Waals surface area contributed by atoms with Gasteiger partial charge in [0.15, 0.2) is 0 Å². The van der Waals surface area contributed by atoms with Crippen LogP contribution in [0, 0.1) is 11.3 Å². The van der Waals surface area contributed by atoms with E-state index >= 15 is 0 Å². The zero-order valence-corrected chi connectivity index (χ0v) is 16.9. The number of ether oxygens (including phenoxy) is 3. The molecule has 0 bridgehead atoms. The molecule has 0 aliphatic rings. The third kappa shape index (κ3) is 5.08. The van der Waals surface area contributed by atoms with Crippen molar-refractivity contribution >= 4 is 27.5 Å². The molecule has 3 rings (SSSR count). The summed E-state index contributed by atoms with van der Waals surface area (Å²) in [6.45, 7) is 5.90. The molecule has 0 saturated carbocycles. The molecule has 1 aromatic carbocycles. The van der Waals surface area contributed by atoms with E-state index in [2.05, 4.69) is 26.3 Å². The second kappa shape index (κ2) is 9.16. The standard InChI is InChI=1S/C19H19N5O4S/c1-4-26-19-24-14-5-6-15(13(7-20)18(14)29-19)28-17-9-21-16(8-22-17)27-10-11(2)23-12(3)25/h5-6,8-9,11H,4,10H2,1-3H3,(H,23,25)/t11-/m0/s1. The predicted octanol–water partition coefficient (Wildman–Crippen LogP) is 3.05. The first-order chi connectivity index (χ1) is 14.0. The van der Waals surface area contributed by atoms with Gasteiger partial charge in [-0.3, -0.25) is 4.79 Å². The van der Waals surface area contributed by atoms with Crippen LogP contribution in [-0.2, 0) is 4.79 Å². The van der Waals surface area contributed by atoms with Gasteiger partial charge < -0.3 is 19.5 Å². The zero-order valence-electron chi connectivity index (χ0n) is 16.1. The molecule has 150 valence electrons. The molecule has 0 fully saturated rings. The van der Waals surface area contributed by atoms with Crippen molar-refractivity contribution in [3.63, 3.8) is 0 Å². The normalized spacial score (nSPS) is 11.5. The lowest BCUT2D eigenvalue weighted by molar-refractivity contribution is -0.119. The summed E-state index contributed by atoms with van der Waals surface area (Å²) < 4.78 is 17.3. The van der Waals surface area contributed by atoms with Gasteiger partial charge in [-0.15, -0.1) is 0 Å². The number of carbonyl (C=O) groups excluding carboxylic acids is 1. The monoisotopic (exact) mass is 413 g/mol. The number of benzene rings is 1. The number of carbonyl (C=O) groups is 1. The summed E-state index contributed by atoms with van der Waals surface area (Å²) in [5.41, 5.74) is 1.03. The Kier molecular flexibility index (Phi) is 6.41. The summed E-state index contributed by atoms with van der Waals surface area (Å²) in [6.07, 6.45) is 2.82. The number of aromatic nitrogens is 3. The quantitative estimate of drug-likeness (QED) is 0.598. The summed E-state index contributed by atoms with van der Waals surface area (Å²) in [6, 6.07) is 5.43. The van der Waals surface area contributed by atoms with Crippen LogP contribution in [-0.4, -0.2) is 40.1 Å². The summed E-state index contributed by atoms with van der Waals surface area (Å²) in [5.74, 6) is 0.747. The minimum absolute atomic E-state index is 0.129. The molecule has 0 unspecified atom stereocenters. The minimum atomic E-state index is -0.156. The van der Waals surface area contributed by atoms with Crippen molar-refractivity contribution in [1.82, 2.24) is 20.3 Å². The number of nitriles is 1. The van der Waals surface area contributed by atoms with E-state index in [9.17, 15) is 10.1 Å². The van der Waals surface area contributed by atoms with Crippen molar-refractivity contribution in [3.8, 4) is 28.8 Å². The Balaban J connectivity index is 1.72. The van der Waals surface area contributed by atoms with Gasteiger partial charge in [-0.2, -0.15) is 5.26 Å². The maximum Gasteiger partial charge on any atom is 0.274 e. The highest BCUT2D eigenvalue weighted by Crippen LogP contribution is 2.36. The summed E-state index contributed by atoms with van der Waals surface area (Å²) in [4.78, 5) is 23.6. The van der Waals surface area contributed by atoms with E-state index < -0.39 is 0 Å². The molecule has 0 aliphatic carbocycles. The maximum atomic E-state index is 11.0. The van der Waals surface area contributed by atoms with Crippen molar-refractivity contribution in [1.29, 1.82) is 5.26 Å². The van der Waals surface area contributed by atoms with Crippen LogP contribution >= 0.6 is 11.3 Å². The fourth-order valence-corrected chi connectivity index (χ4v) is 3.43. The summed E-state index contributed by atoms with van der Waals surface area (Å²) in [7, 11) is 0. The van der Waals surface area contributed by atoms with Gasteiger partial charge in [0.25, 0.3) is 5.19 Å². The molecule has 0 saturated heterocycles. The van der Waals surface area contributed by atoms with Crippen molar-refractivity contribution in [2.45, 2.75) is 26.8 Å². The molecule has 3 aromatic rings. The Morgan fingerprint density at radius 1 is 1.28 bits per heavy atom. The van der Waals surface area contributed by atoms with Gasteiger partial charge in [-0.1, -0.05) is 11.3 Å². The number of fused-ring (bicyclic) bond motifs is 1. The van der Waals surface area contributed by atoms with Gasteiger partial charge in [0.1, 0.15) is 24.0 Å². The topological polar surface area (TPSA) is 119 Å². The number of hydrogen-bond donors (Lipinski definition) is 1. The molecule has 0 spiro atoms. The van der Waals surface area contributed by atoms with E-state index in [4.69, 9.17) is 14.2 Å². The molecular formula is C19H19N5O4S. The number of nitrogens with zero attached hydrogens (tertiary/aromatic N) is 4. The average Bonchev–Trinajstić information content (AvgIpc) is 3.10. The maximum absolute atomic E-state index is 11.0. The summed E-state index contributed by atoms with van der Waals surface area (Å²) in [5, 5.41) is 12.8. The average molecular weight is 413 g/mol. The SMILES string of the molecule is CCOc1nc2ccc(Oc3cnc(OC[C@H](C)NC(C)=O)cn3)c(C#N)c2s1. The molecule has 0 radical (unpaired) electrons. The summed E-state index contributed by atoms with van der Waals surface area (Å²) >= 11 is 1.29. The van der Waals surface area contributed by atoms with Crippen LogP contribution < -0.4 is 19.5 Å². The first kappa shape index (κ1) is 20.3. The van der Waals surface area contributed by atoms with Crippen LogP contribution in [0.3, 0.4) is 0 Å². The number of rotatable bonds is 8. The predicted molar refractivity (Wildman–Crippen MR) is 106 cm³/mol. The van der Waals surface area contributed by atoms with E-state index in [0.29, 0.717) is 39.2 Å².